The van der Waals surface area contributed by atoms with Gasteiger partial charge in [-0.3, -0.25) is 4.79 Å². The highest BCUT2D eigenvalue weighted by atomic mass is 79.9. The lowest BCUT2D eigenvalue weighted by Gasteiger charge is -2.34. The zero-order chi connectivity index (χ0) is 20.5. The Bertz CT molecular complexity index is 1060. The number of carbonyl (C=O) groups excluding carboxylic acids is 1. The maximum Gasteiger partial charge on any atom is 0.274 e. The molecule has 8 heteroatoms. The molecule has 1 saturated heterocycles. The fraction of sp³-hybridized carbons (Fsp3) is 0.364. The summed E-state index contributed by atoms with van der Waals surface area (Å²) < 4.78 is 2.98. The fourth-order valence-electron chi connectivity index (χ4n) is 4.31. The molecule has 1 aliphatic heterocycles. The van der Waals surface area contributed by atoms with Crippen LogP contribution in [0.15, 0.2) is 47.2 Å². The van der Waals surface area contributed by atoms with E-state index in [1.165, 1.54) is 5.69 Å². The van der Waals surface area contributed by atoms with Crippen molar-refractivity contribution < 1.29 is 4.79 Å². The summed E-state index contributed by atoms with van der Waals surface area (Å²) in [6.45, 7) is 2.75. The molecule has 0 bridgehead atoms. The highest BCUT2D eigenvalue weighted by Gasteiger charge is 2.30. The lowest BCUT2D eigenvalue weighted by molar-refractivity contribution is 0.0738. The van der Waals surface area contributed by atoms with Crippen molar-refractivity contribution in [3.8, 4) is 5.69 Å². The number of fused-ring (bicyclic) bond motifs is 1. The number of hydrogen-bond acceptors (Lipinski definition) is 5. The number of hydrogen-bond donors (Lipinski definition) is 0. The van der Waals surface area contributed by atoms with Gasteiger partial charge < -0.3 is 9.80 Å². The fourth-order valence-corrected chi connectivity index (χ4v) is 4.69. The highest BCUT2D eigenvalue weighted by molar-refractivity contribution is 9.10. The minimum atomic E-state index is 0.0375. The molecular weight excluding hydrogens is 444 g/mol. The molecule has 3 aromatic rings. The number of halogens is 1. The van der Waals surface area contributed by atoms with Crippen LogP contribution in [-0.4, -0.2) is 56.7 Å². The van der Waals surface area contributed by atoms with Crippen molar-refractivity contribution in [2.45, 2.75) is 25.7 Å². The molecule has 1 amide bonds. The van der Waals surface area contributed by atoms with Crippen LogP contribution in [0.1, 0.15) is 34.6 Å². The average Bonchev–Trinajstić information content (AvgIpc) is 3.19. The Kier molecular flexibility index (Phi) is 5.25. The Hall–Kier alpha value is -2.74. The monoisotopic (exact) mass is 466 g/mol. The summed E-state index contributed by atoms with van der Waals surface area (Å²) >= 11 is 3.55. The van der Waals surface area contributed by atoms with E-state index in [-0.39, 0.29) is 5.91 Å². The van der Waals surface area contributed by atoms with E-state index in [0.29, 0.717) is 18.8 Å². The number of nitrogens with zero attached hydrogens (tertiary/aromatic N) is 6. The van der Waals surface area contributed by atoms with Crippen LogP contribution in [0.3, 0.4) is 0 Å². The quantitative estimate of drug-likeness (QED) is 0.592. The third-order valence-corrected chi connectivity index (χ3v) is 6.33. The van der Waals surface area contributed by atoms with Crippen LogP contribution in [-0.2, 0) is 12.8 Å². The molecule has 154 valence electrons. The van der Waals surface area contributed by atoms with E-state index in [2.05, 4.69) is 36.9 Å². The van der Waals surface area contributed by atoms with Crippen molar-refractivity contribution in [1.29, 1.82) is 0 Å². The summed E-state index contributed by atoms with van der Waals surface area (Å²) in [5, 5.41) is 4.82. The smallest absolute Gasteiger partial charge is 0.274 e. The number of benzene rings is 1. The number of anilines is 1. The maximum atomic E-state index is 13.4. The predicted octanol–water partition coefficient (Wildman–Crippen LogP) is 3.27. The van der Waals surface area contributed by atoms with Gasteiger partial charge in [0.05, 0.1) is 5.69 Å². The van der Waals surface area contributed by atoms with Gasteiger partial charge in [0.2, 0.25) is 5.95 Å². The first kappa shape index (κ1) is 19.2. The second kappa shape index (κ2) is 8.18. The van der Waals surface area contributed by atoms with Crippen molar-refractivity contribution >= 4 is 27.8 Å². The van der Waals surface area contributed by atoms with Crippen LogP contribution >= 0.6 is 15.9 Å². The number of piperazine rings is 1. The van der Waals surface area contributed by atoms with Crippen LogP contribution in [0.2, 0.25) is 0 Å². The molecule has 1 aliphatic carbocycles. The number of carbonyl (C=O) groups is 1. The van der Waals surface area contributed by atoms with Crippen molar-refractivity contribution in [3.63, 3.8) is 0 Å². The lowest BCUT2D eigenvalue weighted by atomic mass is 9.95. The van der Waals surface area contributed by atoms with Crippen molar-refractivity contribution in [3.05, 3.63) is 64.1 Å². The van der Waals surface area contributed by atoms with Gasteiger partial charge in [-0.2, -0.15) is 5.10 Å². The van der Waals surface area contributed by atoms with Gasteiger partial charge in [0.1, 0.15) is 0 Å². The summed E-state index contributed by atoms with van der Waals surface area (Å²) in [6.07, 6.45) is 7.62. The van der Waals surface area contributed by atoms with E-state index in [9.17, 15) is 4.79 Å². The molecule has 2 aromatic heterocycles. The highest BCUT2D eigenvalue weighted by Crippen LogP contribution is 2.29. The maximum absolute atomic E-state index is 13.4. The number of amides is 1. The molecule has 3 heterocycles. The molecule has 30 heavy (non-hydrogen) atoms. The van der Waals surface area contributed by atoms with Crippen LogP contribution < -0.4 is 4.90 Å². The molecule has 0 spiro atoms. The predicted molar refractivity (Wildman–Crippen MR) is 118 cm³/mol. The molecule has 0 radical (unpaired) electrons. The normalized spacial score (nSPS) is 16.4. The van der Waals surface area contributed by atoms with Crippen LogP contribution in [0, 0.1) is 0 Å². The van der Waals surface area contributed by atoms with Gasteiger partial charge in [-0.1, -0.05) is 22.0 Å². The van der Waals surface area contributed by atoms with Crippen molar-refractivity contribution in [2.75, 3.05) is 31.1 Å². The first-order valence-corrected chi connectivity index (χ1v) is 11.2. The summed E-state index contributed by atoms with van der Waals surface area (Å²) in [6, 6.07) is 9.91. The first-order valence-electron chi connectivity index (χ1n) is 10.4. The van der Waals surface area contributed by atoms with Gasteiger partial charge in [0.25, 0.3) is 5.91 Å². The molecule has 1 aromatic carbocycles. The minimum absolute atomic E-state index is 0.0375. The molecule has 0 atom stereocenters. The zero-order valence-electron chi connectivity index (χ0n) is 16.7. The molecule has 0 saturated carbocycles. The molecule has 5 rings (SSSR count). The summed E-state index contributed by atoms with van der Waals surface area (Å²) in [7, 11) is 0. The third-order valence-electron chi connectivity index (χ3n) is 5.84. The topological polar surface area (TPSA) is 67.2 Å². The largest absolute Gasteiger partial charge is 0.337 e. The zero-order valence-corrected chi connectivity index (χ0v) is 18.3. The molecule has 7 nitrogen and oxygen atoms in total. The Morgan fingerprint density at radius 1 is 0.967 bits per heavy atom. The van der Waals surface area contributed by atoms with E-state index >= 15 is 0 Å². The van der Waals surface area contributed by atoms with Crippen LogP contribution in [0.25, 0.3) is 5.69 Å². The van der Waals surface area contributed by atoms with Crippen LogP contribution in [0.5, 0.6) is 0 Å². The molecule has 2 aliphatic rings. The van der Waals surface area contributed by atoms with E-state index in [0.717, 1.165) is 60.4 Å². The first-order chi connectivity index (χ1) is 14.7. The lowest BCUT2D eigenvalue weighted by Crippen LogP contribution is -2.49. The van der Waals surface area contributed by atoms with Crippen molar-refractivity contribution in [1.82, 2.24) is 24.6 Å². The minimum Gasteiger partial charge on any atom is -0.337 e. The average molecular weight is 467 g/mol. The van der Waals surface area contributed by atoms with E-state index in [1.54, 1.807) is 12.4 Å². The SMILES string of the molecule is O=C(c1nn(-c2cccc(Br)c2)c2c1CCCC2)N1CCN(c2ncccn2)CC1. The van der Waals surface area contributed by atoms with E-state index in [4.69, 9.17) is 5.10 Å². The molecular formula is C22H23BrN6O. The standard InChI is InChI=1S/C22H23BrN6O/c23-16-5-3-6-17(15-16)29-19-8-2-1-7-18(19)20(26-29)21(30)27-11-13-28(14-12-27)22-24-9-4-10-25-22/h3-6,9-10,15H,1-2,7-8,11-14H2. The Balaban J connectivity index is 1.40. The number of rotatable bonds is 3. The van der Waals surface area contributed by atoms with Gasteiger partial charge in [-0.25, -0.2) is 14.6 Å². The van der Waals surface area contributed by atoms with Gasteiger partial charge in [-0.15, -0.1) is 0 Å². The van der Waals surface area contributed by atoms with Crippen LogP contribution in [0.4, 0.5) is 5.95 Å². The summed E-state index contributed by atoms with van der Waals surface area (Å²) in [4.78, 5) is 26.1. The molecule has 1 fully saturated rings. The van der Waals surface area contributed by atoms with Gasteiger partial charge in [-0.05, 0) is 49.9 Å². The Labute approximate surface area is 183 Å². The number of aromatic nitrogens is 4. The summed E-state index contributed by atoms with van der Waals surface area (Å²) in [5.41, 5.74) is 3.92. The molecule has 0 N–H and O–H groups in total. The molecule has 0 unspecified atom stereocenters. The summed E-state index contributed by atoms with van der Waals surface area (Å²) in [5.74, 6) is 0.761. The van der Waals surface area contributed by atoms with Gasteiger partial charge in [0.15, 0.2) is 5.69 Å². The second-order valence-corrected chi connectivity index (χ2v) is 8.62. The second-order valence-electron chi connectivity index (χ2n) is 7.70. The van der Waals surface area contributed by atoms with Crippen molar-refractivity contribution in [2.24, 2.45) is 0 Å². The van der Waals surface area contributed by atoms with Gasteiger partial charge in [0, 0.05) is 54.3 Å². The Morgan fingerprint density at radius 3 is 2.50 bits per heavy atom. The van der Waals surface area contributed by atoms with Gasteiger partial charge >= 0.3 is 0 Å². The Morgan fingerprint density at radius 2 is 1.73 bits per heavy atom. The van der Waals surface area contributed by atoms with E-state index in [1.807, 2.05) is 33.8 Å². The van der Waals surface area contributed by atoms with E-state index < -0.39 is 0 Å². The third kappa shape index (κ3) is 3.60.